The molecule has 2 aromatic carbocycles. The van der Waals surface area contributed by atoms with Gasteiger partial charge in [-0.15, -0.1) is 0 Å². The van der Waals surface area contributed by atoms with Crippen molar-refractivity contribution in [1.82, 2.24) is 14.4 Å². The van der Waals surface area contributed by atoms with Crippen molar-refractivity contribution in [2.24, 2.45) is 5.41 Å². The highest BCUT2D eigenvalue weighted by atomic mass is 16.5. The van der Waals surface area contributed by atoms with E-state index in [1.807, 2.05) is 100 Å². The third kappa shape index (κ3) is 7.72. The maximum atomic E-state index is 13.8. The lowest BCUT2D eigenvalue weighted by atomic mass is 9.93. The molecule has 1 atom stereocenters. The van der Waals surface area contributed by atoms with Gasteiger partial charge in [0, 0.05) is 36.4 Å². The molecule has 3 aromatic rings. The largest absolute Gasteiger partial charge is 0.497 e. The minimum absolute atomic E-state index is 0.00346. The van der Waals surface area contributed by atoms with E-state index in [0.717, 1.165) is 29.0 Å². The molecule has 0 bridgehead atoms. The Morgan fingerprint density at radius 1 is 0.946 bits per heavy atom. The molecule has 1 aromatic heterocycles. The van der Waals surface area contributed by atoms with Gasteiger partial charge in [0.2, 0.25) is 11.8 Å². The van der Waals surface area contributed by atoms with Gasteiger partial charge in [-0.25, -0.2) is 0 Å². The molecule has 0 fully saturated rings. The molecule has 0 aliphatic rings. The predicted octanol–water partition coefficient (Wildman–Crippen LogP) is 5.75. The Morgan fingerprint density at radius 2 is 1.65 bits per heavy atom. The van der Waals surface area contributed by atoms with Crippen LogP contribution in [0, 0.1) is 5.41 Å². The number of aromatic nitrogens is 1. The van der Waals surface area contributed by atoms with E-state index in [4.69, 9.17) is 4.74 Å². The van der Waals surface area contributed by atoms with Crippen LogP contribution in [0.2, 0.25) is 0 Å². The van der Waals surface area contributed by atoms with E-state index in [2.05, 4.69) is 16.7 Å². The molecule has 0 spiro atoms. The zero-order chi connectivity index (χ0) is 27.0. The van der Waals surface area contributed by atoms with Crippen molar-refractivity contribution < 1.29 is 14.3 Å². The molecule has 37 heavy (non-hydrogen) atoms. The van der Waals surface area contributed by atoms with Gasteiger partial charge in [0.1, 0.15) is 12.3 Å². The van der Waals surface area contributed by atoms with E-state index in [1.165, 1.54) is 0 Å². The van der Waals surface area contributed by atoms with Crippen LogP contribution >= 0.6 is 0 Å². The lowest BCUT2D eigenvalue weighted by Crippen LogP contribution is -2.49. The van der Waals surface area contributed by atoms with Crippen LogP contribution in [-0.2, 0) is 29.2 Å². The van der Waals surface area contributed by atoms with Gasteiger partial charge < -0.3 is 19.1 Å². The number of carbonyl (C=O) groups excluding carboxylic acids is 2. The smallest absolute Gasteiger partial charge is 0.242 e. The third-order valence-corrected chi connectivity index (χ3v) is 6.66. The van der Waals surface area contributed by atoms with Crippen LogP contribution in [0.15, 0.2) is 72.9 Å². The molecule has 0 N–H and O–H groups in total. The molecular formula is C31H41N3O3. The van der Waals surface area contributed by atoms with Crippen LogP contribution in [-0.4, -0.2) is 45.9 Å². The lowest BCUT2D eigenvalue weighted by Gasteiger charge is -2.35. The minimum atomic E-state index is -0.556. The van der Waals surface area contributed by atoms with E-state index >= 15 is 0 Å². The van der Waals surface area contributed by atoms with Crippen molar-refractivity contribution >= 4 is 11.8 Å². The molecule has 0 aliphatic carbocycles. The van der Waals surface area contributed by atoms with Gasteiger partial charge in [0.25, 0.3) is 0 Å². The quantitative estimate of drug-likeness (QED) is 0.335. The molecule has 1 unspecified atom stereocenters. The van der Waals surface area contributed by atoms with Crippen LogP contribution in [0.1, 0.15) is 57.9 Å². The summed E-state index contributed by atoms with van der Waals surface area (Å²) in [5.41, 5.74) is 2.65. The second-order valence-corrected chi connectivity index (χ2v) is 10.7. The fourth-order valence-electron chi connectivity index (χ4n) is 4.27. The molecule has 2 amide bonds. The molecule has 3 rings (SSSR count). The van der Waals surface area contributed by atoms with E-state index in [1.54, 1.807) is 12.0 Å². The van der Waals surface area contributed by atoms with Crippen LogP contribution in [0.25, 0.3) is 0 Å². The van der Waals surface area contributed by atoms with Gasteiger partial charge in [-0.1, -0.05) is 70.2 Å². The highest BCUT2D eigenvalue weighted by Crippen LogP contribution is 2.22. The number of carbonyl (C=O) groups is 2. The Balaban J connectivity index is 1.86. The van der Waals surface area contributed by atoms with E-state index in [9.17, 15) is 9.59 Å². The fraction of sp³-hybridized carbons (Fsp3) is 0.419. The van der Waals surface area contributed by atoms with Crippen molar-refractivity contribution in [3.63, 3.8) is 0 Å². The van der Waals surface area contributed by atoms with Gasteiger partial charge in [0.05, 0.1) is 13.7 Å². The van der Waals surface area contributed by atoms with E-state index in [0.29, 0.717) is 19.6 Å². The molecule has 6 nitrogen and oxygen atoms in total. The molecule has 0 saturated carbocycles. The Labute approximate surface area is 221 Å². The van der Waals surface area contributed by atoms with Gasteiger partial charge in [-0.3, -0.25) is 9.59 Å². The van der Waals surface area contributed by atoms with Crippen LogP contribution < -0.4 is 4.74 Å². The zero-order valence-electron chi connectivity index (χ0n) is 23.1. The van der Waals surface area contributed by atoms with Crippen molar-refractivity contribution in [1.29, 1.82) is 0 Å². The summed E-state index contributed by atoms with van der Waals surface area (Å²) in [6.07, 6.45) is 2.83. The van der Waals surface area contributed by atoms with Crippen molar-refractivity contribution in [3.8, 4) is 5.75 Å². The summed E-state index contributed by atoms with van der Waals surface area (Å²) in [5, 5.41) is 0. The average molecular weight is 504 g/mol. The summed E-state index contributed by atoms with van der Waals surface area (Å²) in [5.74, 6) is 0.757. The molecule has 0 radical (unpaired) electrons. The fourth-order valence-corrected chi connectivity index (χ4v) is 4.27. The summed E-state index contributed by atoms with van der Waals surface area (Å²) in [4.78, 5) is 30.6. The number of hydrogen-bond donors (Lipinski definition) is 0. The second kappa shape index (κ2) is 12.6. The Bertz CT molecular complexity index is 1160. The highest BCUT2D eigenvalue weighted by Gasteiger charge is 2.32. The van der Waals surface area contributed by atoms with Gasteiger partial charge in [-0.2, -0.15) is 0 Å². The monoisotopic (exact) mass is 503 g/mol. The third-order valence-electron chi connectivity index (χ3n) is 6.66. The topological polar surface area (TPSA) is 54.8 Å². The predicted molar refractivity (Wildman–Crippen MR) is 148 cm³/mol. The summed E-state index contributed by atoms with van der Waals surface area (Å²) < 4.78 is 7.54. The Kier molecular flexibility index (Phi) is 9.56. The number of nitrogens with zero attached hydrogens (tertiary/aromatic N) is 3. The van der Waals surface area contributed by atoms with Crippen molar-refractivity contribution in [2.45, 2.75) is 66.7 Å². The first kappa shape index (κ1) is 28.0. The molecular weight excluding hydrogens is 462 g/mol. The first-order valence-electron chi connectivity index (χ1n) is 13.0. The number of hydrogen-bond acceptors (Lipinski definition) is 3. The maximum absolute atomic E-state index is 13.8. The first-order valence-corrected chi connectivity index (χ1v) is 13.0. The summed E-state index contributed by atoms with van der Waals surface area (Å²) >= 11 is 0. The lowest BCUT2D eigenvalue weighted by molar-refractivity contribution is -0.148. The normalized spacial score (nSPS) is 12.2. The zero-order valence-corrected chi connectivity index (χ0v) is 23.1. The van der Waals surface area contributed by atoms with Gasteiger partial charge in [0.15, 0.2) is 0 Å². The van der Waals surface area contributed by atoms with Crippen molar-refractivity contribution in [3.05, 3.63) is 89.7 Å². The molecule has 0 saturated heterocycles. The summed E-state index contributed by atoms with van der Waals surface area (Å²) in [6, 6.07) is 22.1. The molecule has 0 aliphatic heterocycles. The minimum Gasteiger partial charge on any atom is -0.497 e. The first-order chi connectivity index (χ1) is 17.6. The Hall–Kier alpha value is -3.54. The van der Waals surface area contributed by atoms with E-state index < -0.39 is 5.41 Å². The van der Waals surface area contributed by atoms with Crippen molar-refractivity contribution in [2.75, 3.05) is 13.7 Å². The number of ether oxygens (including phenoxy) is 1. The SMILES string of the molecule is CCC(C)N(CC(=O)N(Cc1ccccc1)Cc1cccn1Cc1cccc(OC)c1)C(=O)C(C)(C)C. The Morgan fingerprint density at radius 3 is 2.30 bits per heavy atom. The molecule has 6 heteroatoms. The number of rotatable bonds is 11. The van der Waals surface area contributed by atoms with Crippen LogP contribution in [0.5, 0.6) is 5.75 Å². The number of benzene rings is 2. The second-order valence-electron chi connectivity index (χ2n) is 10.7. The maximum Gasteiger partial charge on any atom is 0.242 e. The van der Waals surface area contributed by atoms with Crippen LogP contribution in [0.3, 0.4) is 0 Å². The van der Waals surface area contributed by atoms with Gasteiger partial charge in [-0.05, 0) is 48.7 Å². The molecule has 1 heterocycles. The van der Waals surface area contributed by atoms with Crippen LogP contribution in [0.4, 0.5) is 0 Å². The highest BCUT2D eigenvalue weighted by molar-refractivity contribution is 5.87. The van der Waals surface area contributed by atoms with E-state index in [-0.39, 0.29) is 24.4 Å². The standard InChI is InChI=1S/C31H41N3O3/c1-7-24(2)34(30(36)31(3,4)5)23-29(35)33(20-25-13-9-8-10-14-25)22-27-16-12-18-32(27)21-26-15-11-17-28(19-26)37-6/h8-19,24H,7,20-23H2,1-6H3. The van der Waals surface area contributed by atoms with Gasteiger partial charge >= 0.3 is 0 Å². The summed E-state index contributed by atoms with van der Waals surface area (Å²) in [6.45, 7) is 11.4. The number of amides is 2. The summed E-state index contributed by atoms with van der Waals surface area (Å²) in [7, 11) is 1.67. The average Bonchev–Trinajstić information content (AvgIpc) is 3.32. The number of methoxy groups -OCH3 is 1. The molecule has 198 valence electrons.